The van der Waals surface area contributed by atoms with Gasteiger partial charge in [0.15, 0.2) is 11.5 Å². The molecule has 9 nitrogen and oxygen atoms in total. The maximum atomic E-state index is 12.9. The molecular weight excluding hydrogens is 448 g/mol. The summed E-state index contributed by atoms with van der Waals surface area (Å²) in [7, 11) is 2.97. The Kier molecular flexibility index (Phi) is 7.87. The van der Waals surface area contributed by atoms with E-state index < -0.39 is 11.2 Å². The van der Waals surface area contributed by atoms with E-state index in [4.69, 9.17) is 9.47 Å². The number of nitrogens with one attached hydrogen (secondary N) is 2. The molecule has 1 fully saturated rings. The number of aromatic nitrogens is 2. The fourth-order valence-corrected chi connectivity index (χ4v) is 4.56. The number of hydrogen-bond donors (Lipinski definition) is 2. The Morgan fingerprint density at radius 2 is 1.74 bits per heavy atom. The lowest BCUT2D eigenvalue weighted by molar-refractivity contribution is -0.122. The summed E-state index contributed by atoms with van der Waals surface area (Å²) < 4.78 is 11.6. The summed E-state index contributed by atoms with van der Waals surface area (Å²) in [5.41, 5.74) is 0.744. The highest BCUT2D eigenvalue weighted by atomic mass is 16.5. The normalized spacial score (nSPS) is 14.7. The fourth-order valence-electron chi connectivity index (χ4n) is 4.56. The second kappa shape index (κ2) is 11.2. The van der Waals surface area contributed by atoms with Gasteiger partial charge >= 0.3 is 5.69 Å². The van der Waals surface area contributed by atoms with E-state index in [9.17, 15) is 14.4 Å². The van der Waals surface area contributed by atoms with Crippen molar-refractivity contribution in [1.29, 1.82) is 0 Å². The molecule has 0 bridgehead atoms. The predicted octanol–water partition coefficient (Wildman–Crippen LogP) is 2.27. The number of hydrogen-bond acceptors (Lipinski definition) is 6. The Morgan fingerprint density at radius 3 is 2.43 bits per heavy atom. The van der Waals surface area contributed by atoms with E-state index >= 15 is 0 Å². The van der Waals surface area contributed by atoms with Crippen LogP contribution in [0.1, 0.15) is 31.2 Å². The molecule has 0 aliphatic carbocycles. The predicted molar refractivity (Wildman–Crippen MR) is 134 cm³/mol. The highest BCUT2D eigenvalue weighted by Crippen LogP contribution is 2.29. The van der Waals surface area contributed by atoms with E-state index in [0.717, 1.165) is 37.0 Å². The Labute approximate surface area is 203 Å². The van der Waals surface area contributed by atoms with Crippen LogP contribution >= 0.6 is 0 Å². The third kappa shape index (κ3) is 5.92. The maximum Gasteiger partial charge on any atom is 0.328 e. The van der Waals surface area contributed by atoms with E-state index in [0.29, 0.717) is 28.8 Å². The number of methoxy groups -OCH3 is 2. The van der Waals surface area contributed by atoms with Gasteiger partial charge in [0.1, 0.15) is 0 Å². The number of piperidine rings is 1. The number of H-pyrrole nitrogens is 1. The molecule has 35 heavy (non-hydrogen) atoms. The van der Waals surface area contributed by atoms with Crippen LogP contribution < -0.4 is 26.0 Å². The van der Waals surface area contributed by atoms with E-state index in [1.807, 2.05) is 6.07 Å². The third-order valence-corrected chi connectivity index (χ3v) is 6.47. The zero-order chi connectivity index (χ0) is 24.8. The van der Waals surface area contributed by atoms with Gasteiger partial charge in [-0.15, -0.1) is 0 Å². The summed E-state index contributed by atoms with van der Waals surface area (Å²) in [6, 6.07) is 13.7. The number of likely N-dealkylation sites (tertiary alicyclic amines) is 1. The van der Waals surface area contributed by atoms with Crippen LogP contribution in [0.15, 0.2) is 52.1 Å². The summed E-state index contributed by atoms with van der Waals surface area (Å²) in [6.45, 7) is 2.96. The Hall–Kier alpha value is -3.59. The van der Waals surface area contributed by atoms with Gasteiger partial charge in [0.2, 0.25) is 5.91 Å². The molecule has 1 aromatic heterocycles. The van der Waals surface area contributed by atoms with Gasteiger partial charge in [0.25, 0.3) is 5.56 Å². The van der Waals surface area contributed by atoms with Gasteiger partial charge < -0.3 is 19.8 Å². The first kappa shape index (κ1) is 24.5. The standard InChI is InChI=1S/C26H32N4O5/c1-34-22-15-20-21(16-23(22)35-2)28-26(33)30(25(20)32)12-6-9-24(31)27-19-10-13-29(14-11-19)17-18-7-4-3-5-8-18/h3-5,7-8,15-16,19H,6,9-14,17H2,1-2H3,(H,27,31)(H,28,33). The van der Waals surface area contributed by atoms with Crippen LogP contribution in [0.4, 0.5) is 0 Å². The van der Waals surface area contributed by atoms with Crippen molar-refractivity contribution in [2.75, 3.05) is 27.3 Å². The first-order chi connectivity index (χ1) is 17.0. The van der Waals surface area contributed by atoms with Crippen LogP contribution in [-0.2, 0) is 17.9 Å². The summed E-state index contributed by atoms with van der Waals surface area (Å²) >= 11 is 0. The molecule has 1 aliphatic heterocycles. The maximum absolute atomic E-state index is 12.9. The SMILES string of the molecule is COc1cc2[nH]c(=O)n(CCCC(=O)NC3CCN(Cc4ccccc4)CC3)c(=O)c2cc1OC. The molecule has 9 heteroatoms. The van der Waals surface area contributed by atoms with Crippen molar-refractivity contribution in [3.05, 3.63) is 68.9 Å². The van der Waals surface area contributed by atoms with Crippen molar-refractivity contribution in [1.82, 2.24) is 19.8 Å². The van der Waals surface area contributed by atoms with E-state index in [1.165, 1.54) is 19.8 Å². The molecule has 1 amide bonds. The zero-order valence-corrected chi connectivity index (χ0v) is 20.2. The quantitative estimate of drug-likeness (QED) is 0.487. The topological polar surface area (TPSA) is 106 Å². The second-order valence-electron chi connectivity index (χ2n) is 8.85. The number of nitrogens with zero attached hydrogens (tertiary/aromatic N) is 2. The smallest absolute Gasteiger partial charge is 0.328 e. The first-order valence-electron chi connectivity index (χ1n) is 11.9. The minimum atomic E-state index is -0.513. The molecule has 1 aliphatic rings. The van der Waals surface area contributed by atoms with Gasteiger partial charge in [-0.2, -0.15) is 0 Å². The number of ether oxygens (including phenoxy) is 2. The fraction of sp³-hybridized carbons (Fsp3) is 0.423. The molecule has 0 unspecified atom stereocenters. The van der Waals surface area contributed by atoms with Crippen molar-refractivity contribution in [2.45, 2.75) is 44.8 Å². The number of benzene rings is 2. The molecule has 0 spiro atoms. The molecule has 0 radical (unpaired) electrons. The van der Waals surface area contributed by atoms with Crippen molar-refractivity contribution >= 4 is 16.8 Å². The first-order valence-corrected chi connectivity index (χ1v) is 11.9. The lowest BCUT2D eigenvalue weighted by atomic mass is 10.0. The lowest BCUT2D eigenvalue weighted by Crippen LogP contribution is -2.44. The Balaban J connectivity index is 1.29. The lowest BCUT2D eigenvalue weighted by Gasteiger charge is -2.32. The average Bonchev–Trinajstić information content (AvgIpc) is 2.87. The summed E-state index contributed by atoms with van der Waals surface area (Å²) in [5, 5.41) is 3.43. The average molecular weight is 481 g/mol. The van der Waals surface area contributed by atoms with Gasteiger partial charge in [-0.3, -0.25) is 19.1 Å². The molecule has 1 saturated heterocycles. The summed E-state index contributed by atoms with van der Waals surface area (Å²) in [5.74, 6) is 0.781. The molecule has 2 heterocycles. The molecule has 0 atom stereocenters. The summed E-state index contributed by atoms with van der Waals surface area (Å²) in [6.07, 6.45) is 2.46. The molecule has 2 N–H and O–H groups in total. The van der Waals surface area contributed by atoms with Crippen LogP contribution in [0.3, 0.4) is 0 Å². The summed E-state index contributed by atoms with van der Waals surface area (Å²) in [4.78, 5) is 43.0. The van der Waals surface area contributed by atoms with Crippen LogP contribution in [0.5, 0.6) is 11.5 Å². The minimum Gasteiger partial charge on any atom is -0.493 e. The van der Waals surface area contributed by atoms with Gasteiger partial charge in [-0.25, -0.2) is 4.79 Å². The van der Waals surface area contributed by atoms with Gasteiger partial charge in [-0.05, 0) is 30.9 Å². The van der Waals surface area contributed by atoms with Crippen molar-refractivity contribution in [2.24, 2.45) is 0 Å². The monoisotopic (exact) mass is 480 g/mol. The highest BCUT2D eigenvalue weighted by molar-refractivity contribution is 5.81. The minimum absolute atomic E-state index is 0.0526. The van der Waals surface area contributed by atoms with Crippen molar-refractivity contribution in [3.8, 4) is 11.5 Å². The highest BCUT2D eigenvalue weighted by Gasteiger charge is 2.21. The number of fused-ring (bicyclic) bond motifs is 1. The molecule has 3 aromatic rings. The number of carbonyl (C=O) groups excluding carboxylic acids is 1. The van der Waals surface area contributed by atoms with Gasteiger partial charge in [-0.1, -0.05) is 30.3 Å². The number of rotatable bonds is 9. The van der Waals surface area contributed by atoms with Crippen LogP contribution in [0.2, 0.25) is 0 Å². The van der Waals surface area contributed by atoms with E-state index in [2.05, 4.69) is 39.5 Å². The molecule has 4 rings (SSSR count). The van der Waals surface area contributed by atoms with E-state index in [-0.39, 0.29) is 24.9 Å². The molecule has 2 aromatic carbocycles. The van der Waals surface area contributed by atoms with Gasteiger partial charge in [0.05, 0.1) is 25.1 Å². The molecule has 186 valence electrons. The van der Waals surface area contributed by atoms with E-state index in [1.54, 1.807) is 12.1 Å². The largest absolute Gasteiger partial charge is 0.493 e. The Morgan fingerprint density at radius 1 is 1.06 bits per heavy atom. The number of amides is 1. The molecular formula is C26H32N4O5. The Bertz CT molecular complexity index is 1280. The molecule has 0 saturated carbocycles. The van der Waals surface area contributed by atoms with Crippen molar-refractivity contribution in [3.63, 3.8) is 0 Å². The third-order valence-electron chi connectivity index (χ3n) is 6.47. The number of aromatic amines is 1. The van der Waals surface area contributed by atoms with Crippen molar-refractivity contribution < 1.29 is 14.3 Å². The number of carbonyl (C=O) groups is 1. The second-order valence-corrected chi connectivity index (χ2v) is 8.85. The van der Waals surface area contributed by atoms with Crippen LogP contribution in [0, 0.1) is 0 Å². The van der Waals surface area contributed by atoms with Crippen LogP contribution in [0.25, 0.3) is 10.9 Å². The van der Waals surface area contributed by atoms with Crippen LogP contribution in [-0.4, -0.2) is 53.7 Å². The zero-order valence-electron chi connectivity index (χ0n) is 20.2. The van der Waals surface area contributed by atoms with Gasteiger partial charge in [0, 0.05) is 44.7 Å².